The van der Waals surface area contributed by atoms with Crippen LogP contribution in [0.25, 0.3) is 0 Å². The summed E-state index contributed by atoms with van der Waals surface area (Å²) in [6, 6.07) is 27.4. The molecular weight excluding hydrogens is 356 g/mol. The van der Waals surface area contributed by atoms with E-state index in [2.05, 4.69) is 36.2 Å². The van der Waals surface area contributed by atoms with Crippen molar-refractivity contribution < 1.29 is 5.11 Å². The average molecular weight is 374 g/mol. The van der Waals surface area contributed by atoms with Gasteiger partial charge in [-0.1, -0.05) is 84.4 Å². The van der Waals surface area contributed by atoms with Gasteiger partial charge in [-0.25, -0.2) is 4.98 Å². The topological polar surface area (TPSA) is 38.0 Å². The van der Waals surface area contributed by atoms with E-state index < -0.39 is 5.54 Å². The molecule has 1 heterocycles. The van der Waals surface area contributed by atoms with Gasteiger partial charge in [-0.15, -0.1) is 0 Å². The molecule has 0 saturated carbocycles. The van der Waals surface area contributed by atoms with Crippen LogP contribution in [0.4, 0.5) is 0 Å². The number of halogens is 1. The van der Waals surface area contributed by atoms with Gasteiger partial charge in [-0.05, 0) is 35.7 Å². The molecule has 0 unspecified atom stereocenters. The van der Waals surface area contributed by atoms with Gasteiger partial charge >= 0.3 is 0 Å². The van der Waals surface area contributed by atoms with Crippen molar-refractivity contribution in [1.29, 1.82) is 0 Å². The fourth-order valence-electron chi connectivity index (χ4n) is 3.61. The zero-order valence-corrected chi connectivity index (χ0v) is 15.3. The second-order valence-electron chi connectivity index (χ2n) is 6.34. The summed E-state index contributed by atoms with van der Waals surface area (Å²) >= 11 is 6.66. The van der Waals surface area contributed by atoms with E-state index in [1.165, 1.54) is 0 Å². The molecule has 1 N–H and O–H groups in total. The van der Waals surface area contributed by atoms with Crippen molar-refractivity contribution >= 4 is 11.6 Å². The lowest BCUT2D eigenvalue weighted by molar-refractivity contribution is 0.467. The third-order valence-electron chi connectivity index (χ3n) is 4.79. The Bertz CT molecular complexity index is 1020. The van der Waals surface area contributed by atoms with Gasteiger partial charge in [0.15, 0.2) is 0 Å². The Hall–Kier alpha value is -3.04. The van der Waals surface area contributed by atoms with Crippen molar-refractivity contribution in [2.75, 3.05) is 0 Å². The molecule has 1 radical (unpaired) electrons. The number of nitrogens with zero attached hydrogens (tertiary/aromatic N) is 2. The summed E-state index contributed by atoms with van der Waals surface area (Å²) in [5, 5.41) is 10.7. The Morgan fingerprint density at radius 3 is 1.85 bits per heavy atom. The lowest BCUT2D eigenvalue weighted by atomic mass is 9.76. The van der Waals surface area contributed by atoms with Crippen LogP contribution in [0, 0.1) is 6.92 Å². The van der Waals surface area contributed by atoms with Crippen LogP contribution < -0.4 is 0 Å². The van der Waals surface area contributed by atoms with Crippen LogP contribution in [0.3, 0.4) is 0 Å². The monoisotopic (exact) mass is 373 g/mol. The minimum absolute atomic E-state index is 0.190. The van der Waals surface area contributed by atoms with E-state index in [1.54, 1.807) is 18.5 Å². The molecule has 0 spiro atoms. The van der Waals surface area contributed by atoms with E-state index in [9.17, 15) is 5.11 Å². The highest BCUT2D eigenvalue weighted by Gasteiger charge is 2.40. The first-order chi connectivity index (χ1) is 13.1. The maximum absolute atomic E-state index is 10.2. The first-order valence-corrected chi connectivity index (χ1v) is 8.97. The molecule has 133 valence electrons. The molecular formula is C23H18ClN2O. The number of benzene rings is 3. The molecule has 0 bridgehead atoms. The van der Waals surface area contributed by atoms with Crippen molar-refractivity contribution in [3.05, 3.63) is 126 Å². The second-order valence-corrected chi connectivity index (χ2v) is 6.70. The van der Waals surface area contributed by atoms with Crippen LogP contribution in [-0.4, -0.2) is 14.7 Å². The first-order valence-electron chi connectivity index (χ1n) is 8.60. The predicted octanol–water partition coefficient (Wildman–Crippen LogP) is 5.26. The number of aromatic hydroxyl groups is 1. The number of aromatic nitrogens is 2. The van der Waals surface area contributed by atoms with E-state index in [0.29, 0.717) is 10.8 Å². The van der Waals surface area contributed by atoms with Gasteiger partial charge in [0.1, 0.15) is 16.4 Å². The van der Waals surface area contributed by atoms with Gasteiger partial charge in [0.25, 0.3) is 0 Å². The molecule has 4 rings (SSSR count). The molecule has 3 nitrogen and oxygen atoms in total. The Morgan fingerprint density at radius 1 is 0.815 bits per heavy atom. The number of phenols is 1. The summed E-state index contributed by atoms with van der Waals surface area (Å²) in [6.45, 7) is 3.94. The lowest BCUT2D eigenvalue weighted by Gasteiger charge is -2.38. The molecule has 0 aliphatic rings. The highest BCUT2D eigenvalue weighted by atomic mass is 35.5. The number of rotatable bonds is 4. The zero-order valence-electron chi connectivity index (χ0n) is 14.6. The minimum atomic E-state index is -0.804. The first kappa shape index (κ1) is 17.4. The van der Waals surface area contributed by atoms with Crippen molar-refractivity contribution in [2.24, 2.45) is 0 Å². The Labute approximate surface area is 163 Å². The van der Waals surface area contributed by atoms with E-state index in [4.69, 9.17) is 11.6 Å². The second kappa shape index (κ2) is 6.93. The number of imidazole rings is 1. The maximum atomic E-state index is 10.2. The molecule has 0 fully saturated rings. The van der Waals surface area contributed by atoms with Crippen molar-refractivity contribution in [2.45, 2.75) is 5.54 Å². The fraction of sp³-hybridized carbons (Fsp3) is 0.0435. The normalized spacial score (nSPS) is 11.5. The lowest BCUT2D eigenvalue weighted by Crippen LogP contribution is -2.37. The highest BCUT2D eigenvalue weighted by molar-refractivity contribution is 6.30. The summed E-state index contributed by atoms with van der Waals surface area (Å²) in [5.41, 5.74) is 2.58. The molecule has 0 atom stereocenters. The summed E-state index contributed by atoms with van der Waals surface area (Å²) in [6.07, 6.45) is 1.70. The van der Waals surface area contributed by atoms with E-state index in [1.807, 2.05) is 53.1 Å². The largest absolute Gasteiger partial charge is 0.508 e. The molecule has 0 amide bonds. The SMILES string of the molecule is [CH2]c1ncn(C(c2ccccc2)(c2ccccc2)c2cccc(O)c2)c1Cl. The number of hydrogen-bond donors (Lipinski definition) is 1. The summed E-state index contributed by atoms with van der Waals surface area (Å²) in [5.74, 6) is 0.190. The van der Waals surface area contributed by atoms with E-state index in [0.717, 1.165) is 16.7 Å². The zero-order chi connectivity index (χ0) is 18.9. The van der Waals surface area contributed by atoms with Crippen molar-refractivity contribution in [3.63, 3.8) is 0 Å². The van der Waals surface area contributed by atoms with Crippen LogP contribution in [0.15, 0.2) is 91.3 Å². The molecule has 0 saturated heterocycles. The van der Waals surface area contributed by atoms with Crippen molar-refractivity contribution in [1.82, 2.24) is 9.55 Å². The molecule has 27 heavy (non-hydrogen) atoms. The van der Waals surface area contributed by atoms with Gasteiger partial charge in [-0.2, -0.15) is 0 Å². The molecule has 1 aromatic heterocycles. The van der Waals surface area contributed by atoms with Gasteiger partial charge in [0.2, 0.25) is 0 Å². The van der Waals surface area contributed by atoms with Gasteiger partial charge in [0, 0.05) is 0 Å². The third kappa shape index (κ3) is 2.81. The minimum Gasteiger partial charge on any atom is -0.508 e. The average Bonchev–Trinajstić information content (AvgIpc) is 3.04. The number of phenolic OH excluding ortho intramolecular Hbond substituents is 1. The molecule has 4 heteroatoms. The van der Waals surface area contributed by atoms with Gasteiger partial charge in [-0.3, -0.25) is 0 Å². The Kier molecular flexibility index (Phi) is 4.46. The van der Waals surface area contributed by atoms with Crippen molar-refractivity contribution in [3.8, 4) is 5.75 Å². The Balaban J connectivity index is 2.18. The summed E-state index contributed by atoms with van der Waals surface area (Å²) in [7, 11) is 0. The quantitative estimate of drug-likeness (QED) is 0.495. The van der Waals surface area contributed by atoms with Crippen LogP contribution in [0.1, 0.15) is 22.4 Å². The molecule has 3 aromatic carbocycles. The summed E-state index contributed by atoms with van der Waals surface area (Å²) in [4.78, 5) is 4.34. The molecule has 0 aliphatic carbocycles. The van der Waals surface area contributed by atoms with Gasteiger partial charge in [0.05, 0.1) is 12.0 Å². The standard InChI is InChI=1S/C23H18ClN2O/c1-17-22(24)26(16-25-17)23(18-9-4-2-5-10-18,19-11-6-3-7-12-19)20-13-8-14-21(27)15-20/h2-16,27H,1H2. The van der Waals surface area contributed by atoms with E-state index in [-0.39, 0.29) is 5.75 Å². The van der Waals surface area contributed by atoms with Crippen LogP contribution in [0.2, 0.25) is 5.15 Å². The van der Waals surface area contributed by atoms with E-state index >= 15 is 0 Å². The predicted molar refractivity (Wildman–Crippen MR) is 108 cm³/mol. The number of hydrogen-bond acceptors (Lipinski definition) is 2. The highest BCUT2D eigenvalue weighted by Crippen LogP contribution is 2.43. The maximum Gasteiger partial charge on any atom is 0.133 e. The Morgan fingerprint density at radius 2 is 1.37 bits per heavy atom. The molecule has 4 aromatic rings. The smallest absolute Gasteiger partial charge is 0.133 e. The van der Waals surface area contributed by atoms with Crippen LogP contribution in [-0.2, 0) is 5.54 Å². The van der Waals surface area contributed by atoms with Gasteiger partial charge < -0.3 is 9.67 Å². The van der Waals surface area contributed by atoms with Crippen LogP contribution in [0.5, 0.6) is 5.75 Å². The van der Waals surface area contributed by atoms with Crippen LogP contribution >= 0.6 is 11.6 Å². The fourth-order valence-corrected chi connectivity index (χ4v) is 3.83. The summed E-state index contributed by atoms with van der Waals surface area (Å²) < 4.78 is 1.91. The molecule has 0 aliphatic heterocycles. The third-order valence-corrected chi connectivity index (χ3v) is 5.19.